The van der Waals surface area contributed by atoms with E-state index in [2.05, 4.69) is 23.1 Å². The zero-order chi connectivity index (χ0) is 13.4. The second-order valence-electron chi connectivity index (χ2n) is 5.25. The van der Waals surface area contributed by atoms with Crippen LogP contribution < -0.4 is 10.6 Å². The number of hydrogen-bond acceptors (Lipinski definition) is 3. The van der Waals surface area contributed by atoms with Crippen LogP contribution in [0, 0.1) is 0 Å². The largest absolute Gasteiger partial charge is 0.465 e. The zero-order valence-corrected chi connectivity index (χ0v) is 10.9. The standard InChI is InChI=1S/C14H19N3O2/c15-12-5-4-11-10(12)2-1-3-13(11)16-6-8-17(9-7-16)14(18)19/h1-3,12H,4-9,15H2,(H,18,19). The Labute approximate surface area is 112 Å². The maximum Gasteiger partial charge on any atom is 0.407 e. The molecule has 0 bridgehead atoms. The highest BCUT2D eigenvalue weighted by molar-refractivity contribution is 5.66. The molecule has 1 fully saturated rings. The average Bonchev–Trinajstić information content (AvgIpc) is 2.81. The van der Waals surface area contributed by atoms with Gasteiger partial charge in [0.25, 0.3) is 0 Å². The van der Waals surface area contributed by atoms with Crippen molar-refractivity contribution in [2.24, 2.45) is 5.73 Å². The van der Waals surface area contributed by atoms with Gasteiger partial charge in [-0.1, -0.05) is 12.1 Å². The average molecular weight is 261 g/mol. The predicted octanol–water partition coefficient (Wildman–Crippen LogP) is 1.43. The summed E-state index contributed by atoms with van der Waals surface area (Å²) in [7, 11) is 0. The van der Waals surface area contributed by atoms with Gasteiger partial charge in [0, 0.05) is 37.9 Å². The van der Waals surface area contributed by atoms with Crippen LogP contribution in [-0.2, 0) is 6.42 Å². The molecule has 1 atom stereocenters. The van der Waals surface area contributed by atoms with Gasteiger partial charge in [-0.05, 0) is 30.0 Å². The second kappa shape index (κ2) is 4.74. The molecule has 1 unspecified atom stereocenters. The molecule has 19 heavy (non-hydrogen) atoms. The third-order valence-corrected chi connectivity index (χ3v) is 4.18. The Kier molecular flexibility index (Phi) is 3.06. The fourth-order valence-corrected chi connectivity index (χ4v) is 3.10. The van der Waals surface area contributed by atoms with Crippen LogP contribution in [0.25, 0.3) is 0 Å². The van der Waals surface area contributed by atoms with E-state index in [1.165, 1.54) is 21.7 Å². The first-order valence-corrected chi connectivity index (χ1v) is 6.77. The number of fused-ring (bicyclic) bond motifs is 1. The lowest BCUT2D eigenvalue weighted by Crippen LogP contribution is -2.48. The highest BCUT2D eigenvalue weighted by Gasteiger charge is 2.26. The van der Waals surface area contributed by atoms with Crippen molar-refractivity contribution < 1.29 is 9.90 Å². The van der Waals surface area contributed by atoms with Crippen LogP contribution >= 0.6 is 0 Å². The number of carbonyl (C=O) groups is 1. The highest BCUT2D eigenvalue weighted by atomic mass is 16.4. The van der Waals surface area contributed by atoms with E-state index in [9.17, 15) is 4.79 Å². The quantitative estimate of drug-likeness (QED) is 0.802. The van der Waals surface area contributed by atoms with Gasteiger partial charge in [-0.3, -0.25) is 0 Å². The van der Waals surface area contributed by atoms with Crippen molar-refractivity contribution in [3.63, 3.8) is 0 Å². The Hall–Kier alpha value is -1.75. The molecule has 1 aromatic carbocycles. The van der Waals surface area contributed by atoms with Gasteiger partial charge in [-0.15, -0.1) is 0 Å². The zero-order valence-electron chi connectivity index (χ0n) is 10.9. The van der Waals surface area contributed by atoms with Gasteiger partial charge >= 0.3 is 6.09 Å². The molecule has 1 amide bonds. The second-order valence-corrected chi connectivity index (χ2v) is 5.25. The van der Waals surface area contributed by atoms with Gasteiger partial charge in [-0.2, -0.15) is 0 Å². The molecule has 0 spiro atoms. The molecule has 5 heteroatoms. The summed E-state index contributed by atoms with van der Waals surface area (Å²) in [6.45, 7) is 2.67. The minimum Gasteiger partial charge on any atom is -0.465 e. The summed E-state index contributed by atoms with van der Waals surface area (Å²) in [4.78, 5) is 14.7. The number of hydrogen-bond donors (Lipinski definition) is 2. The van der Waals surface area contributed by atoms with Gasteiger partial charge in [0.2, 0.25) is 0 Å². The molecule has 1 aliphatic heterocycles. The molecule has 2 aliphatic rings. The van der Waals surface area contributed by atoms with E-state index in [0.29, 0.717) is 13.1 Å². The van der Waals surface area contributed by atoms with Crippen LogP contribution in [0.5, 0.6) is 0 Å². The van der Waals surface area contributed by atoms with Crippen molar-refractivity contribution in [1.82, 2.24) is 4.90 Å². The van der Waals surface area contributed by atoms with Crippen molar-refractivity contribution >= 4 is 11.8 Å². The summed E-state index contributed by atoms with van der Waals surface area (Å²) >= 11 is 0. The first kappa shape index (κ1) is 12.3. The lowest BCUT2D eigenvalue weighted by molar-refractivity contribution is 0.142. The van der Waals surface area contributed by atoms with E-state index in [0.717, 1.165) is 25.9 Å². The Morgan fingerprint density at radius 1 is 1.26 bits per heavy atom. The molecule has 102 valence electrons. The van der Waals surface area contributed by atoms with Gasteiger partial charge in [0.05, 0.1) is 0 Å². The van der Waals surface area contributed by atoms with E-state index < -0.39 is 6.09 Å². The Bertz CT molecular complexity index is 495. The number of nitrogens with zero attached hydrogens (tertiary/aromatic N) is 2. The maximum absolute atomic E-state index is 10.9. The molecular weight excluding hydrogens is 242 g/mol. The number of amides is 1. The maximum atomic E-state index is 10.9. The number of nitrogens with two attached hydrogens (primary N) is 1. The van der Waals surface area contributed by atoms with Gasteiger partial charge in [-0.25, -0.2) is 4.79 Å². The molecule has 0 radical (unpaired) electrons. The lowest BCUT2D eigenvalue weighted by atomic mass is 10.1. The minimum absolute atomic E-state index is 0.162. The van der Waals surface area contributed by atoms with Gasteiger partial charge in [0.15, 0.2) is 0 Å². The first-order valence-electron chi connectivity index (χ1n) is 6.77. The number of benzene rings is 1. The molecule has 5 nitrogen and oxygen atoms in total. The minimum atomic E-state index is -0.819. The SMILES string of the molecule is NC1CCc2c1cccc2N1CCN(C(=O)O)CC1. The summed E-state index contributed by atoms with van der Waals surface area (Å²) in [6.07, 6.45) is 1.23. The van der Waals surface area contributed by atoms with Crippen molar-refractivity contribution in [2.75, 3.05) is 31.1 Å². The van der Waals surface area contributed by atoms with E-state index in [1.54, 1.807) is 0 Å². The fraction of sp³-hybridized carbons (Fsp3) is 0.500. The van der Waals surface area contributed by atoms with E-state index in [1.807, 2.05) is 0 Å². The molecule has 1 aliphatic carbocycles. The molecule has 3 N–H and O–H groups in total. The molecular formula is C14H19N3O2. The first-order chi connectivity index (χ1) is 9.16. The van der Waals surface area contributed by atoms with E-state index in [-0.39, 0.29) is 6.04 Å². The molecule has 0 aromatic heterocycles. The summed E-state index contributed by atoms with van der Waals surface area (Å²) < 4.78 is 0. The van der Waals surface area contributed by atoms with Gasteiger partial charge in [0.1, 0.15) is 0 Å². The summed E-state index contributed by atoms with van der Waals surface area (Å²) in [5.74, 6) is 0. The van der Waals surface area contributed by atoms with Gasteiger partial charge < -0.3 is 20.6 Å². The normalized spacial score (nSPS) is 22.5. The Morgan fingerprint density at radius 2 is 2.00 bits per heavy atom. The summed E-state index contributed by atoms with van der Waals surface area (Å²) in [5.41, 5.74) is 9.97. The Morgan fingerprint density at radius 3 is 2.68 bits per heavy atom. The van der Waals surface area contributed by atoms with Crippen LogP contribution in [0.4, 0.5) is 10.5 Å². The monoisotopic (exact) mass is 261 g/mol. The van der Waals surface area contributed by atoms with Crippen molar-refractivity contribution in [2.45, 2.75) is 18.9 Å². The number of carboxylic acid groups (broad SMARTS) is 1. The van der Waals surface area contributed by atoms with Crippen molar-refractivity contribution in [1.29, 1.82) is 0 Å². The molecule has 1 heterocycles. The Balaban J connectivity index is 1.80. The van der Waals surface area contributed by atoms with Crippen molar-refractivity contribution in [3.8, 4) is 0 Å². The lowest BCUT2D eigenvalue weighted by Gasteiger charge is -2.35. The third kappa shape index (κ3) is 2.14. The van der Waals surface area contributed by atoms with E-state index in [4.69, 9.17) is 10.8 Å². The summed E-state index contributed by atoms with van der Waals surface area (Å²) in [6, 6.07) is 6.47. The number of piperazine rings is 1. The third-order valence-electron chi connectivity index (χ3n) is 4.18. The number of rotatable bonds is 1. The summed E-state index contributed by atoms with van der Waals surface area (Å²) in [5, 5.41) is 8.98. The van der Waals surface area contributed by atoms with Crippen LogP contribution in [0.15, 0.2) is 18.2 Å². The van der Waals surface area contributed by atoms with E-state index >= 15 is 0 Å². The fourth-order valence-electron chi connectivity index (χ4n) is 3.10. The van der Waals surface area contributed by atoms with Crippen LogP contribution in [-0.4, -0.2) is 42.3 Å². The molecule has 0 saturated carbocycles. The van der Waals surface area contributed by atoms with Crippen molar-refractivity contribution in [3.05, 3.63) is 29.3 Å². The highest BCUT2D eigenvalue weighted by Crippen LogP contribution is 2.36. The van der Waals surface area contributed by atoms with Crippen LogP contribution in [0.2, 0.25) is 0 Å². The number of anilines is 1. The van der Waals surface area contributed by atoms with Crippen LogP contribution in [0.3, 0.4) is 0 Å². The molecule has 1 saturated heterocycles. The smallest absolute Gasteiger partial charge is 0.407 e. The molecule has 3 rings (SSSR count). The van der Waals surface area contributed by atoms with Crippen LogP contribution in [0.1, 0.15) is 23.6 Å². The predicted molar refractivity (Wildman–Crippen MR) is 73.5 cm³/mol. The topological polar surface area (TPSA) is 69.8 Å². The molecule has 1 aromatic rings.